The first-order valence-electron chi connectivity index (χ1n) is 9.61. The van der Waals surface area contributed by atoms with Crippen molar-refractivity contribution in [3.63, 3.8) is 0 Å². The lowest BCUT2D eigenvalue weighted by atomic mass is 10.1. The van der Waals surface area contributed by atoms with Gasteiger partial charge >= 0.3 is 0 Å². The molecular formula is C22H19ClN2O5. The number of amides is 3. The summed E-state index contributed by atoms with van der Waals surface area (Å²) in [7, 11) is 0. The van der Waals surface area contributed by atoms with Crippen molar-refractivity contribution in [1.82, 2.24) is 10.2 Å². The number of ether oxygens (including phenoxy) is 1. The van der Waals surface area contributed by atoms with Crippen LogP contribution in [0, 0.1) is 0 Å². The number of rotatable bonds is 5. The summed E-state index contributed by atoms with van der Waals surface area (Å²) in [6.45, 7) is 0.448. The first-order valence-corrected chi connectivity index (χ1v) is 9.98. The van der Waals surface area contributed by atoms with Crippen LogP contribution in [0.15, 0.2) is 36.4 Å². The van der Waals surface area contributed by atoms with Gasteiger partial charge in [0, 0.05) is 23.1 Å². The lowest BCUT2D eigenvalue weighted by molar-refractivity contribution is -0.132. The highest BCUT2D eigenvalue weighted by atomic mass is 35.5. The highest BCUT2D eigenvalue weighted by molar-refractivity contribution is 6.33. The van der Waals surface area contributed by atoms with E-state index in [1.54, 1.807) is 36.4 Å². The quantitative estimate of drug-likeness (QED) is 0.586. The summed E-state index contributed by atoms with van der Waals surface area (Å²) in [6.07, 6.45) is 1.95. The molecule has 3 amide bonds. The number of nitrogens with zero attached hydrogens (tertiary/aromatic N) is 1. The zero-order chi connectivity index (χ0) is 21.3. The van der Waals surface area contributed by atoms with Crippen LogP contribution in [-0.2, 0) is 22.7 Å². The maximum Gasteiger partial charge on any atom is 0.255 e. The minimum atomic E-state index is -0.682. The van der Waals surface area contributed by atoms with Crippen LogP contribution >= 0.6 is 11.6 Å². The van der Waals surface area contributed by atoms with Crippen LogP contribution in [-0.4, -0.2) is 34.9 Å². The third-order valence-electron chi connectivity index (χ3n) is 5.36. The van der Waals surface area contributed by atoms with Gasteiger partial charge in [-0.2, -0.15) is 0 Å². The molecule has 0 unspecified atom stereocenters. The zero-order valence-electron chi connectivity index (χ0n) is 16.0. The van der Waals surface area contributed by atoms with Crippen molar-refractivity contribution in [1.29, 1.82) is 0 Å². The van der Waals surface area contributed by atoms with Gasteiger partial charge in [0.25, 0.3) is 5.91 Å². The fourth-order valence-corrected chi connectivity index (χ4v) is 4.05. The molecular weight excluding hydrogens is 408 g/mol. The summed E-state index contributed by atoms with van der Waals surface area (Å²) in [6, 6.07) is 9.57. The Morgan fingerprint density at radius 1 is 1.20 bits per heavy atom. The van der Waals surface area contributed by atoms with Gasteiger partial charge in [-0.1, -0.05) is 23.7 Å². The van der Waals surface area contributed by atoms with E-state index in [1.807, 2.05) is 0 Å². The molecule has 0 aliphatic carbocycles. The second kappa shape index (κ2) is 8.28. The van der Waals surface area contributed by atoms with Crippen LogP contribution in [0.1, 0.15) is 51.1 Å². The molecule has 7 nitrogen and oxygen atoms in total. The van der Waals surface area contributed by atoms with E-state index in [9.17, 15) is 19.2 Å². The van der Waals surface area contributed by atoms with E-state index < -0.39 is 11.9 Å². The first-order chi connectivity index (χ1) is 14.5. The molecule has 154 valence electrons. The third-order valence-corrected chi connectivity index (χ3v) is 5.69. The predicted octanol–water partition coefficient (Wildman–Crippen LogP) is 2.88. The van der Waals surface area contributed by atoms with Gasteiger partial charge in [-0.15, -0.1) is 0 Å². The highest BCUT2D eigenvalue weighted by Crippen LogP contribution is 2.34. The molecule has 2 aliphatic heterocycles. The number of carbonyl (C=O) groups excluding carboxylic acids is 4. The largest absolute Gasteiger partial charge is 0.489 e. The Morgan fingerprint density at radius 2 is 2.03 bits per heavy atom. The Morgan fingerprint density at radius 3 is 2.80 bits per heavy atom. The molecule has 1 fully saturated rings. The number of hydrogen-bond acceptors (Lipinski definition) is 5. The SMILES string of the molecule is O=Cc1ccc(COc2cccc3c2CN([C@H]2CCCC(=O)NC2=O)C3=O)cc1Cl. The van der Waals surface area contributed by atoms with Crippen LogP contribution in [0.4, 0.5) is 0 Å². The first kappa shape index (κ1) is 20.1. The van der Waals surface area contributed by atoms with Crippen LogP contribution < -0.4 is 10.1 Å². The zero-order valence-corrected chi connectivity index (χ0v) is 16.8. The summed E-state index contributed by atoms with van der Waals surface area (Å²) in [5, 5.41) is 2.70. The van der Waals surface area contributed by atoms with Gasteiger partial charge in [-0.05, 0) is 42.7 Å². The normalized spacial score (nSPS) is 18.6. The van der Waals surface area contributed by atoms with Gasteiger partial charge in [-0.25, -0.2) is 0 Å². The van der Waals surface area contributed by atoms with E-state index in [2.05, 4.69) is 5.32 Å². The Kier molecular flexibility index (Phi) is 5.55. The van der Waals surface area contributed by atoms with E-state index in [0.29, 0.717) is 46.6 Å². The molecule has 0 spiro atoms. The van der Waals surface area contributed by atoms with E-state index >= 15 is 0 Å². The molecule has 2 aromatic rings. The second-order valence-corrected chi connectivity index (χ2v) is 7.71. The lowest BCUT2D eigenvalue weighted by Crippen LogP contribution is -2.46. The topological polar surface area (TPSA) is 92.8 Å². The monoisotopic (exact) mass is 426 g/mol. The average Bonchev–Trinajstić information content (AvgIpc) is 2.96. The van der Waals surface area contributed by atoms with Gasteiger partial charge in [0.1, 0.15) is 18.4 Å². The maximum absolute atomic E-state index is 12.9. The molecule has 2 aromatic carbocycles. The number of aldehydes is 1. The number of imide groups is 1. The van der Waals surface area contributed by atoms with Crippen molar-refractivity contribution in [3.05, 3.63) is 63.7 Å². The Hall–Kier alpha value is -3.19. The number of benzene rings is 2. The van der Waals surface area contributed by atoms with Crippen LogP contribution in [0.2, 0.25) is 5.02 Å². The summed E-state index contributed by atoms with van der Waals surface area (Å²) in [5.41, 5.74) is 2.39. The van der Waals surface area contributed by atoms with Crippen molar-refractivity contribution in [2.24, 2.45) is 0 Å². The maximum atomic E-state index is 12.9. The molecule has 8 heteroatoms. The molecule has 4 rings (SSSR count). The van der Waals surface area contributed by atoms with Gasteiger partial charge in [0.15, 0.2) is 6.29 Å². The second-order valence-electron chi connectivity index (χ2n) is 7.30. The molecule has 2 aliphatic rings. The molecule has 1 atom stereocenters. The van der Waals surface area contributed by atoms with Crippen LogP contribution in [0.3, 0.4) is 0 Å². The molecule has 1 saturated heterocycles. The lowest BCUT2D eigenvalue weighted by Gasteiger charge is -2.24. The molecule has 0 bridgehead atoms. The van der Waals surface area contributed by atoms with Crippen LogP contribution in [0.25, 0.3) is 0 Å². The number of carbonyl (C=O) groups is 4. The smallest absolute Gasteiger partial charge is 0.255 e. The Bertz CT molecular complexity index is 1050. The van der Waals surface area contributed by atoms with Gasteiger partial charge in [0.05, 0.1) is 11.6 Å². The van der Waals surface area contributed by atoms with E-state index in [1.165, 1.54) is 4.90 Å². The molecule has 30 heavy (non-hydrogen) atoms. The number of fused-ring (bicyclic) bond motifs is 1. The molecule has 0 saturated carbocycles. The number of halogens is 1. The highest BCUT2D eigenvalue weighted by Gasteiger charge is 2.39. The standard InChI is InChI=1S/C22H19ClN2O5/c23-17-9-13(7-8-14(17)11-26)12-30-19-5-1-3-15-16(19)10-25(22(15)29)18-4-2-6-20(27)24-21(18)28/h1,3,5,7-9,11,18H,2,4,6,10,12H2,(H,24,27,28)/t18-/m0/s1. The van der Waals surface area contributed by atoms with Crippen LogP contribution in [0.5, 0.6) is 5.75 Å². The van der Waals surface area contributed by atoms with Crippen molar-refractivity contribution >= 4 is 35.6 Å². The van der Waals surface area contributed by atoms with Crippen molar-refractivity contribution in [3.8, 4) is 5.75 Å². The molecule has 0 aromatic heterocycles. The van der Waals surface area contributed by atoms with Crippen molar-refractivity contribution in [2.45, 2.75) is 38.5 Å². The van der Waals surface area contributed by atoms with Gasteiger partial charge in [0.2, 0.25) is 11.8 Å². The number of hydrogen-bond donors (Lipinski definition) is 1. The summed E-state index contributed by atoms with van der Waals surface area (Å²) < 4.78 is 5.94. The predicted molar refractivity (Wildman–Crippen MR) is 108 cm³/mol. The molecule has 1 N–H and O–H groups in total. The minimum absolute atomic E-state index is 0.210. The summed E-state index contributed by atoms with van der Waals surface area (Å²) in [4.78, 5) is 49.3. The minimum Gasteiger partial charge on any atom is -0.489 e. The van der Waals surface area contributed by atoms with Gasteiger partial charge < -0.3 is 9.64 Å². The fraction of sp³-hybridized carbons (Fsp3) is 0.273. The molecule has 0 radical (unpaired) electrons. The summed E-state index contributed by atoms with van der Waals surface area (Å²) in [5.74, 6) is -0.451. The third kappa shape index (κ3) is 3.80. The van der Waals surface area contributed by atoms with Gasteiger partial charge in [-0.3, -0.25) is 24.5 Å². The van der Waals surface area contributed by atoms with E-state index in [0.717, 1.165) is 5.56 Å². The number of nitrogens with one attached hydrogen (secondary N) is 1. The fourth-order valence-electron chi connectivity index (χ4n) is 3.80. The Labute approximate surface area is 177 Å². The average molecular weight is 427 g/mol. The van der Waals surface area contributed by atoms with E-state index in [4.69, 9.17) is 16.3 Å². The summed E-state index contributed by atoms with van der Waals surface area (Å²) >= 11 is 6.07. The van der Waals surface area contributed by atoms with Crippen molar-refractivity contribution < 1.29 is 23.9 Å². The van der Waals surface area contributed by atoms with E-state index in [-0.39, 0.29) is 31.4 Å². The Balaban J connectivity index is 1.53. The molecule has 2 heterocycles. The van der Waals surface area contributed by atoms with Crippen molar-refractivity contribution in [2.75, 3.05) is 0 Å².